The van der Waals surface area contributed by atoms with Crippen molar-refractivity contribution in [2.45, 2.75) is 19.4 Å². The lowest BCUT2D eigenvalue weighted by Gasteiger charge is -2.21. The van der Waals surface area contributed by atoms with Crippen molar-refractivity contribution in [1.29, 1.82) is 0 Å². The van der Waals surface area contributed by atoms with Crippen LogP contribution in [0.3, 0.4) is 0 Å². The van der Waals surface area contributed by atoms with E-state index in [9.17, 15) is 4.79 Å². The van der Waals surface area contributed by atoms with Gasteiger partial charge in [-0.05, 0) is 19.1 Å². The van der Waals surface area contributed by atoms with Crippen LogP contribution < -0.4 is 10.6 Å². The smallest absolute Gasteiger partial charge is 0.237 e. The van der Waals surface area contributed by atoms with Crippen molar-refractivity contribution >= 4 is 5.91 Å². The summed E-state index contributed by atoms with van der Waals surface area (Å²) in [6.07, 6.45) is 0.380. The molecular formula is C13H15N5O2. The summed E-state index contributed by atoms with van der Waals surface area (Å²) in [6, 6.07) is 5.31. The standard InChI is InChI=1S/C13H15N5O2/c1-8-3-2-4-9(16-8)12-17-11(20-18-12)7-10-13(19)15-6-5-14-10/h2-4,10,14H,5-7H2,1H3,(H,15,19). The molecule has 1 unspecified atom stereocenters. The van der Waals surface area contributed by atoms with Gasteiger partial charge in [0, 0.05) is 18.8 Å². The molecule has 0 radical (unpaired) electrons. The van der Waals surface area contributed by atoms with E-state index in [2.05, 4.69) is 25.8 Å². The Hall–Kier alpha value is -2.28. The minimum absolute atomic E-state index is 0.0373. The number of carbonyl (C=O) groups excluding carboxylic acids is 1. The molecule has 0 bridgehead atoms. The number of aryl methyl sites for hydroxylation is 1. The molecule has 1 fully saturated rings. The zero-order valence-corrected chi connectivity index (χ0v) is 11.1. The van der Waals surface area contributed by atoms with Crippen molar-refractivity contribution in [1.82, 2.24) is 25.8 Å². The highest BCUT2D eigenvalue weighted by atomic mass is 16.5. The minimum Gasteiger partial charge on any atom is -0.353 e. The molecular weight excluding hydrogens is 258 g/mol. The molecule has 20 heavy (non-hydrogen) atoms. The summed E-state index contributed by atoms with van der Waals surface area (Å²) >= 11 is 0. The lowest BCUT2D eigenvalue weighted by Crippen LogP contribution is -2.53. The van der Waals surface area contributed by atoms with Crippen LogP contribution in [0.1, 0.15) is 11.6 Å². The molecule has 2 aromatic rings. The Bertz CT molecular complexity index is 625. The predicted octanol–water partition coefficient (Wildman–Crippen LogP) is 0.0705. The highest BCUT2D eigenvalue weighted by Gasteiger charge is 2.24. The molecule has 3 heterocycles. The highest BCUT2D eigenvalue weighted by molar-refractivity contribution is 5.82. The maximum atomic E-state index is 11.6. The number of carbonyl (C=O) groups is 1. The van der Waals surface area contributed by atoms with Crippen molar-refractivity contribution in [2.24, 2.45) is 0 Å². The third-order valence-corrected chi connectivity index (χ3v) is 3.10. The van der Waals surface area contributed by atoms with Gasteiger partial charge in [-0.15, -0.1) is 0 Å². The van der Waals surface area contributed by atoms with Crippen LogP contribution in [0.25, 0.3) is 11.5 Å². The van der Waals surface area contributed by atoms with Gasteiger partial charge in [-0.3, -0.25) is 4.79 Å². The molecule has 104 valence electrons. The van der Waals surface area contributed by atoms with E-state index in [0.717, 1.165) is 12.2 Å². The number of piperazine rings is 1. The van der Waals surface area contributed by atoms with Crippen molar-refractivity contribution in [2.75, 3.05) is 13.1 Å². The van der Waals surface area contributed by atoms with Crippen LogP contribution in [0.2, 0.25) is 0 Å². The van der Waals surface area contributed by atoms with Gasteiger partial charge >= 0.3 is 0 Å². The summed E-state index contributed by atoms with van der Waals surface area (Å²) in [5, 5.41) is 9.82. The van der Waals surface area contributed by atoms with E-state index in [1.165, 1.54) is 0 Å². The van der Waals surface area contributed by atoms with E-state index in [1.807, 2.05) is 25.1 Å². The second kappa shape index (κ2) is 5.38. The van der Waals surface area contributed by atoms with Gasteiger partial charge < -0.3 is 15.2 Å². The molecule has 1 saturated heterocycles. The molecule has 0 aliphatic carbocycles. The summed E-state index contributed by atoms with van der Waals surface area (Å²) in [6.45, 7) is 3.30. The Morgan fingerprint density at radius 2 is 2.25 bits per heavy atom. The molecule has 2 aromatic heterocycles. The molecule has 2 N–H and O–H groups in total. The van der Waals surface area contributed by atoms with Gasteiger partial charge in [-0.2, -0.15) is 4.98 Å². The minimum atomic E-state index is -0.317. The summed E-state index contributed by atoms with van der Waals surface area (Å²) < 4.78 is 5.19. The molecule has 1 aliphatic heterocycles. The SMILES string of the molecule is Cc1cccc(-c2noc(CC3NCCNC3=O)n2)n1. The Kier molecular flexibility index (Phi) is 3.42. The second-order valence-electron chi connectivity index (χ2n) is 4.68. The summed E-state index contributed by atoms with van der Waals surface area (Å²) in [4.78, 5) is 20.3. The monoisotopic (exact) mass is 273 g/mol. The maximum Gasteiger partial charge on any atom is 0.237 e. The van der Waals surface area contributed by atoms with Gasteiger partial charge in [0.25, 0.3) is 0 Å². The van der Waals surface area contributed by atoms with Crippen LogP contribution in [0, 0.1) is 6.92 Å². The normalized spacial score (nSPS) is 18.9. The van der Waals surface area contributed by atoms with Crippen LogP contribution in [0.4, 0.5) is 0 Å². The predicted molar refractivity (Wildman–Crippen MR) is 70.8 cm³/mol. The number of amides is 1. The van der Waals surface area contributed by atoms with E-state index in [4.69, 9.17) is 4.52 Å². The largest absolute Gasteiger partial charge is 0.353 e. The second-order valence-corrected chi connectivity index (χ2v) is 4.68. The van der Waals surface area contributed by atoms with Crippen molar-refractivity contribution in [3.63, 3.8) is 0 Å². The van der Waals surface area contributed by atoms with Gasteiger partial charge in [0.15, 0.2) is 0 Å². The number of hydrogen-bond donors (Lipinski definition) is 2. The van der Waals surface area contributed by atoms with Crippen LogP contribution in [-0.4, -0.2) is 40.2 Å². The van der Waals surface area contributed by atoms with E-state index >= 15 is 0 Å². The number of hydrogen-bond acceptors (Lipinski definition) is 6. The molecule has 7 heteroatoms. The molecule has 0 spiro atoms. The summed E-state index contributed by atoms with van der Waals surface area (Å²) in [5.74, 6) is 0.836. The third-order valence-electron chi connectivity index (χ3n) is 3.10. The maximum absolute atomic E-state index is 11.6. The quantitative estimate of drug-likeness (QED) is 0.822. The van der Waals surface area contributed by atoms with Crippen LogP contribution in [0.5, 0.6) is 0 Å². The highest BCUT2D eigenvalue weighted by Crippen LogP contribution is 2.14. The molecule has 1 amide bonds. The summed E-state index contributed by atoms with van der Waals surface area (Å²) in [7, 11) is 0. The fraction of sp³-hybridized carbons (Fsp3) is 0.385. The lowest BCUT2D eigenvalue weighted by molar-refractivity contribution is -0.124. The third kappa shape index (κ3) is 2.67. The first-order valence-corrected chi connectivity index (χ1v) is 6.50. The van der Waals surface area contributed by atoms with Crippen molar-refractivity contribution < 1.29 is 9.32 Å². The van der Waals surface area contributed by atoms with Gasteiger partial charge in [-0.25, -0.2) is 4.98 Å². The average molecular weight is 273 g/mol. The van der Waals surface area contributed by atoms with Gasteiger partial charge in [0.1, 0.15) is 5.69 Å². The number of pyridine rings is 1. The fourth-order valence-corrected chi connectivity index (χ4v) is 2.10. The van der Waals surface area contributed by atoms with Gasteiger partial charge in [0.05, 0.1) is 12.5 Å². The van der Waals surface area contributed by atoms with Gasteiger partial charge in [-0.1, -0.05) is 11.2 Å². The van der Waals surface area contributed by atoms with Crippen molar-refractivity contribution in [3.8, 4) is 11.5 Å². The van der Waals surface area contributed by atoms with E-state index in [0.29, 0.717) is 30.4 Å². The zero-order chi connectivity index (χ0) is 13.9. The first-order valence-electron chi connectivity index (χ1n) is 6.50. The Balaban J connectivity index is 1.75. The van der Waals surface area contributed by atoms with Crippen LogP contribution >= 0.6 is 0 Å². The molecule has 1 aliphatic rings. The molecule has 0 saturated carbocycles. The first-order chi connectivity index (χ1) is 9.72. The topological polar surface area (TPSA) is 92.9 Å². The summed E-state index contributed by atoms with van der Waals surface area (Å²) in [5.41, 5.74) is 1.56. The first kappa shape index (κ1) is 12.7. The molecule has 3 rings (SSSR count). The van der Waals surface area contributed by atoms with E-state index < -0.39 is 0 Å². The van der Waals surface area contributed by atoms with E-state index in [-0.39, 0.29) is 11.9 Å². The molecule has 0 aromatic carbocycles. The molecule has 7 nitrogen and oxygen atoms in total. The van der Waals surface area contributed by atoms with Crippen LogP contribution in [0.15, 0.2) is 22.7 Å². The Morgan fingerprint density at radius 1 is 1.35 bits per heavy atom. The molecule has 1 atom stereocenters. The van der Waals surface area contributed by atoms with E-state index in [1.54, 1.807) is 0 Å². The number of nitrogens with one attached hydrogen (secondary N) is 2. The van der Waals surface area contributed by atoms with Gasteiger partial charge in [0.2, 0.25) is 17.6 Å². The lowest BCUT2D eigenvalue weighted by atomic mass is 10.1. The number of aromatic nitrogens is 3. The van der Waals surface area contributed by atoms with Crippen LogP contribution in [-0.2, 0) is 11.2 Å². The fourth-order valence-electron chi connectivity index (χ4n) is 2.10. The Morgan fingerprint density at radius 3 is 3.05 bits per heavy atom. The van der Waals surface area contributed by atoms with Crippen molar-refractivity contribution in [3.05, 3.63) is 29.8 Å². The zero-order valence-electron chi connectivity index (χ0n) is 11.1. The average Bonchev–Trinajstić information content (AvgIpc) is 2.90. The number of rotatable bonds is 3. The Labute approximate surface area is 115 Å². The number of nitrogens with zero attached hydrogens (tertiary/aromatic N) is 3.